The molecule has 2 rings (SSSR count). The second kappa shape index (κ2) is 6.72. The van der Waals surface area contributed by atoms with Crippen LogP contribution in [0.15, 0.2) is 35.5 Å². The van der Waals surface area contributed by atoms with Crippen LogP contribution >= 0.6 is 11.8 Å². The SMILES string of the molecule is COc1ccccc1C(N)CSc1nc(C)cc(C)n1. The number of hydrogen-bond acceptors (Lipinski definition) is 5. The minimum Gasteiger partial charge on any atom is -0.496 e. The molecule has 106 valence electrons. The summed E-state index contributed by atoms with van der Waals surface area (Å²) in [4.78, 5) is 8.81. The maximum absolute atomic E-state index is 6.24. The number of ether oxygens (including phenoxy) is 1. The van der Waals surface area contributed by atoms with Gasteiger partial charge in [0.15, 0.2) is 5.16 Å². The summed E-state index contributed by atoms with van der Waals surface area (Å²) in [5.41, 5.74) is 9.20. The van der Waals surface area contributed by atoms with Crippen LogP contribution in [0.2, 0.25) is 0 Å². The molecule has 1 unspecified atom stereocenters. The molecular weight excluding hydrogens is 270 g/mol. The smallest absolute Gasteiger partial charge is 0.188 e. The van der Waals surface area contributed by atoms with Gasteiger partial charge in [0, 0.05) is 28.7 Å². The molecule has 2 aromatic rings. The number of nitrogens with zero attached hydrogens (tertiary/aromatic N) is 2. The van der Waals surface area contributed by atoms with Crippen LogP contribution in [0.1, 0.15) is 23.0 Å². The molecule has 1 aromatic carbocycles. The Kier molecular flexibility index (Phi) is 4.98. The molecule has 4 nitrogen and oxygen atoms in total. The Labute approximate surface area is 123 Å². The van der Waals surface area contributed by atoms with Gasteiger partial charge in [-0.1, -0.05) is 30.0 Å². The summed E-state index contributed by atoms with van der Waals surface area (Å²) in [6.45, 7) is 3.94. The Morgan fingerprint density at radius 2 is 1.85 bits per heavy atom. The van der Waals surface area contributed by atoms with Gasteiger partial charge in [-0.25, -0.2) is 9.97 Å². The number of aryl methyl sites for hydroxylation is 2. The predicted octanol–water partition coefficient (Wildman–Crippen LogP) is 2.89. The van der Waals surface area contributed by atoms with E-state index in [0.717, 1.165) is 27.9 Å². The van der Waals surface area contributed by atoms with Crippen LogP contribution in [-0.2, 0) is 0 Å². The zero-order valence-electron chi connectivity index (χ0n) is 12.0. The quantitative estimate of drug-likeness (QED) is 0.677. The van der Waals surface area contributed by atoms with Crippen molar-refractivity contribution in [3.63, 3.8) is 0 Å². The summed E-state index contributed by atoms with van der Waals surface area (Å²) in [6, 6.07) is 9.68. The lowest BCUT2D eigenvalue weighted by atomic mass is 10.1. The molecule has 0 saturated carbocycles. The van der Waals surface area contributed by atoms with E-state index in [0.29, 0.717) is 5.75 Å². The second-order valence-electron chi connectivity index (χ2n) is 4.59. The molecule has 0 aliphatic heterocycles. The topological polar surface area (TPSA) is 61.0 Å². The molecule has 0 bridgehead atoms. The number of benzene rings is 1. The van der Waals surface area contributed by atoms with E-state index in [2.05, 4.69) is 9.97 Å². The van der Waals surface area contributed by atoms with Crippen LogP contribution in [0.25, 0.3) is 0 Å². The summed E-state index contributed by atoms with van der Waals surface area (Å²) in [6.07, 6.45) is 0. The first kappa shape index (κ1) is 14.8. The molecule has 1 heterocycles. The number of para-hydroxylation sites is 1. The van der Waals surface area contributed by atoms with Gasteiger partial charge in [0.25, 0.3) is 0 Å². The third kappa shape index (κ3) is 3.71. The number of hydrogen-bond donors (Lipinski definition) is 1. The highest BCUT2D eigenvalue weighted by atomic mass is 32.2. The van der Waals surface area contributed by atoms with E-state index in [1.54, 1.807) is 18.9 Å². The lowest BCUT2D eigenvalue weighted by molar-refractivity contribution is 0.407. The number of rotatable bonds is 5. The minimum atomic E-state index is -0.111. The lowest BCUT2D eigenvalue weighted by Crippen LogP contribution is -2.14. The molecular formula is C15H19N3OS. The van der Waals surface area contributed by atoms with Crippen molar-refractivity contribution >= 4 is 11.8 Å². The van der Waals surface area contributed by atoms with E-state index in [1.165, 1.54) is 0 Å². The number of nitrogens with two attached hydrogens (primary N) is 1. The number of aromatic nitrogens is 2. The molecule has 0 radical (unpaired) electrons. The van der Waals surface area contributed by atoms with E-state index >= 15 is 0 Å². The van der Waals surface area contributed by atoms with Gasteiger partial charge in [-0.3, -0.25) is 0 Å². The minimum absolute atomic E-state index is 0.111. The van der Waals surface area contributed by atoms with Crippen molar-refractivity contribution in [2.75, 3.05) is 12.9 Å². The molecule has 1 atom stereocenters. The molecule has 0 aliphatic carbocycles. The molecule has 0 aliphatic rings. The van der Waals surface area contributed by atoms with Crippen molar-refractivity contribution in [1.29, 1.82) is 0 Å². The van der Waals surface area contributed by atoms with Gasteiger partial charge < -0.3 is 10.5 Å². The van der Waals surface area contributed by atoms with E-state index in [1.807, 2.05) is 44.2 Å². The van der Waals surface area contributed by atoms with Gasteiger partial charge in [-0.15, -0.1) is 0 Å². The van der Waals surface area contributed by atoms with Crippen LogP contribution in [0.4, 0.5) is 0 Å². The normalized spacial score (nSPS) is 12.2. The summed E-state index contributed by atoms with van der Waals surface area (Å²) < 4.78 is 5.34. The monoisotopic (exact) mass is 289 g/mol. The van der Waals surface area contributed by atoms with E-state index < -0.39 is 0 Å². The molecule has 0 fully saturated rings. The summed E-state index contributed by atoms with van der Waals surface area (Å²) >= 11 is 1.57. The van der Waals surface area contributed by atoms with Crippen molar-refractivity contribution < 1.29 is 4.74 Å². The fraction of sp³-hybridized carbons (Fsp3) is 0.333. The Bertz CT molecular complexity index is 569. The first-order valence-electron chi connectivity index (χ1n) is 6.43. The second-order valence-corrected chi connectivity index (χ2v) is 5.58. The Morgan fingerprint density at radius 3 is 2.50 bits per heavy atom. The zero-order valence-corrected chi connectivity index (χ0v) is 12.8. The highest BCUT2D eigenvalue weighted by molar-refractivity contribution is 7.99. The highest BCUT2D eigenvalue weighted by Gasteiger charge is 2.12. The first-order valence-corrected chi connectivity index (χ1v) is 7.42. The fourth-order valence-corrected chi connectivity index (χ4v) is 2.91. The molecule has 0 spiro atoms. The van der Waals surface area contributed by atoms with Crippen molar-refractivity contribution in [2.45, 2.75) is 25.0 Å². The van der Waals surface area contributed by atoms with Crippen molar-refractivity contribution in [1.82, 2.24) is 9.97 Å². The van der Waals surface area contributed by atoms with Gasteiger partial charge in [0.2, 0.25) is 0 Å². The molecule has 1 aromatic heterocycles. The third-order valence-corrected chi connectivity index (χ3v) is 3.86. The van der Waals surface area contributed by atoms with Crippen LogP contribution in [-0.4, -0.2) is 22.8 Å². The van der Waals surface area contributed by atoms with Gasteiger partial charge in [0.05, 0.1) is 7.11 Å². The summed E-state index contributed by atoms with van der Waals surface area (Å²) in [5, 5.41) is 0.771. The fourth-order valence-electron chi connectivity index (χ4n) is 1.98. The van der Waals surface area contributed by atoms with Crippen molar-refractivity contribution in [3.8, 4) is 5.75 Å². The van der Waals surface area contributed by atoms with Crippen LogP contribution in [0, 0.1) is 13.8 Å². The van der Waals surface area contributed by atoms with E-state index in [-0.39, 0.29) is 6.04 Å². The molecule has 20 heavy (non-hydrogen) atoms. The van der Waals surface area contributed by atoms with E-state index in [4.69, 9.17) is 10.5 Å². The Balaban J connectivity index is 2.06. The largest absolute Gasteiger partial charge is 0.496 e. The van der Waals surface area contributed by atoms with Gasteiger partial charge >= 0.3 is 0 Å². The first-order chi connectivity index (χ1) is 9.60. The van der Waals surface area contributed by atoms with Gasteiger partial charge in [-0.05, 0) is 26.0 Å². The molecule has 2 N–H and O–H groups in total. The van der Waals surface area contributed by atoms with Gasteiger partial charge in [-0.2, -0.15) is 0 Å². The van der Waals surface area contributed by atoms with Gasteiger partial charge in [0.1, 0.15) is 5.75 Å². The van der Waals surface area contributed by atoms with Crippen LogP contribution < -0.4 is 10.5 Å². The Morgan fingerprint density at radius 1 is 1.20 bits per heavy atom. The van der Waals surface area contributed by atoms with Crippen LogP contribution in [0.5, 0.6) is 5.75 Å². The standard InChI is InChI=1S/C15H19N3OS/c1-10-8-11(2)18-15(17-10)20-9-13(16)12-6-4-5-7-14(12)19-3/h4-8,13H,9,16H2,1-3H3. The summed E-state index contributed by atoms with van der Waals surface area (Å²) in [7, 11) is 1.66. The molecule has 0 saturated heterocycles. The maximum Gasteiger partial charge on any atom is 0.188 e. The highest BCUT2D eigenvalue weighted by Crippen LogP contribution is 2.27. The third-order valence-electron chi connectivity index (χ3n) is 2.89. The van der Waals surface area contributed by atoms with Crippen molar-refractivity contribution in [2.24, 2.45) is 5.73 Å². The maximum atomic E-state index is 6.24. The number of thioether (sulfide) groups is 1. The van der Waals surface area contributed by atoms with Crippen molar-refractivity contribution in [3.05, 3.63) is 47.3 Å². The average Bonchev–Trinajstić information content (AvgIpc) is 2.43. The lowest BCUT2D eigenvalue weighted by Gasteiger charge is -2.15. The predicted molar refractivity (Wildman–Crippen MR) is 82.2 cm³/mol. The average molecular weight is 289 g/mol. The zero-order chi connectivity index (χ0) is 14.5. The van der Waals surface area contributed by atoms with E-state index in [9.17, 15) is 0 Å². The Hall–Kier alpha value is -1.59. The summed E-state index contributed by atoms with van der Waals surface area (Å²) in [5.74, 6) is 1.53. The molecule has 5 heteroatoms. The number of methoxy groups -OCH3 is 1. The molecule has 0 amide bonds. The van der Waals surface area contributed by atoms with Crippen LogP contribution in [0.3, 0.4) is 0 Å².